The molecule has 0 unspecified atom stereocenters. The molecule has 0 fully saturated rings. The molecular weight excluding hydrogens is 260 g/mol. The zero-order chi connectivity index (χ0) is 14.4. The number of urea groups is 1. The summed E-state index contributed by atoms with van der Waals surface area (Å²) in [6.07, 6.45) is 3.08. The number of carbonyl (C=O) groups excluding carboxylic acids is 1. The van der Waals surface area contributed by atoms with Crippen LogP contribution in [0.5, 0.6) is 11.5 Å². The van der Waals surface area contributed by atoms with Crippen molar-refractivity contribution in [2.24, 2.45) is 0 Å². The highest BCUT2D eigenvalue weighted by Crippen LogP contribution is 2.25. The summed E-state index contributed by atoms with van der Waals surface area (Å²) in [6, 6.07) is 6.27. The lowest BCUT2D eigenvalue weighted by Gasteiger charge is -2.10. The number of amides is 2. The van der Waals surface area contributed by atoms with Crippen molar-refractivity contribution >= 4 is 17.7 Å². The minimum Gasteiger partial charge on any atom is -0.497 e. The fraction of sp³-hybridized carbons (Fsp3) is 0.154. The number of ether oxygens (including phenoxy) is 2. The number of methoxy groups -OCH3 is 2. The summed E-state index contributed by atoms with van der Waals surface area (Å²) >= 11 is 0. The second-order valence-electron chi connectivity index (χ2n) is 3.75. The average molecular weight is 274 g/mol. The highest BCUT2D eigenvalue weighted by molar-refractivity contribution is 5.98. The molecule has 0 aliphatic carbocycles. The van der Waals surface area contributed by atoms with Gasteiger partial charge in [0.05, 0.1) is 14.2 Å². The van der Waals surface area contributed by atoms with E-state index in [0.717, 1.165) is 0 Å². The van der Waals surface area contributed by atoms with Gasteiger partial charge in [-0.3, -0.25) is 5.32 Å². The number of nitrogens with zero attached hydrogens (tertiary/aromatic N) is 2. The highest BCUT2D eigenvalue weighted by Gasteiger charge is 2.07. The molecule has 7 heteroatoms. The summed E-state index contributed by atoms with van der Waals surface area (Å²) in [5.41, 5.74) is 0.537. The van der Waals surface area contributed by atoms with Crippen LogP contribution in [0.4, 0.5) is 16.4 Å². The lowest BCUT2D eigenvalue weighted by Crippen LogP contribution is -2.20. The Kier molecular flexibility index (Phi) is 4.33. The standard InChI is InChI=1S/C13H14N4O3/c1-19-10-6-9(7-11(8-10)20-2)16-13(18)17-12-14-4-3-5-15-12/h3-8H,1-2H3,(H2,14,15,16,17,18). The van der Waals surface area contributed by atoms with Crippen molar-refractivity contribution in [1.29, 1.82) is 0 Å². The Morgan fingerprint density at radius 2 is 1.60 bits per heavy atom. The zero-order valence-corrected chi connectivity index (χ0v) is 11.1. The number of anilines is 2. The van der Waals surface area contributed by atoms with Crippen LogP contribution < -0.4 is 20.1 Å². The van der Waals surface area contributed by atoms with Crippen LogP contribution in [0.3, 0.4) is 0 Å². The van der Waals surface area contributed by atoms with E-state index < -0.39 is 6.03 Å². The monoisotopic (exact) mass is 274 g/mol. The van der Waals surface area contributed by atoms with Crippen LogP contribution in [0.2, 0.25) is 0 Å². The average Bonchev–Trinajstić information content (AvgIpc) is 2.47. The van der Waals surface area contributed by atoms with E-state index in [-0.39, 0.29) is 5.95 Å². The number of hydrogen-bond acceptors (Lipinski definition) is 5. The summed E-state index contributed by atoms with van der Waals surface area (Å²) in [5.74, 6) is 1.38. The summed E-state index contributed by atoms with van der Waals surface area (Å²) in [7, 11) is 3.08. The molecule has 0 saturated heterocycles. The van der Waals surface area contributed by atoms with Gasteiger partial charge in [-0.05, 0) is 6.07 Å². The molecule has 1 aromatic carbocycles. The number of hydrogen-bond donors (Lipinski definition) is 2. The molecule has 2 N–H and O–H groups in total. The van der Waals surface area contributed by atoms with Gasteiger partial charge in [0.25, 0.3) is 0 Å². The quantitative estimate of drug-likeness (QED) is 0.892. The Bertz CT molecular complexity index is 567. The molecule has 0 aliphatic heterocycles. The summed E-state index contributed by atoms with van der Waals surface area (Å²) in [4.78, 5) is 19.6. The van der Waals surface area contributed by atoms with E-state index >= 15 is 0 Å². The van der Waals surface area contributed by atoms with Gasteiger partial charge in [-0.15, -0.1) is 0 Å². The molecule has 104 valence electrons. The Balaban J connectivity index is 2.07. The van der Waals surface area contributed by atoms with Crippen molar-refractivity contribution in [3.05, 3.63) is 36.7 Å². The first-order chi connectivity index (χ1) is 9.71. The molecule has 0 aliphatic rings. The van der Waals surface area contributed by atoms with Gasteiger partial charge in [-0.2, -0.15) is 0 Å². The van der Waals surface area contributed by atoms with Crippen molar-refractivity contribution in [3.8, 4) is 11.5 Å². The van der Waals surface area contributed by atoms with Gasteiger partial charge in [0.2, 0.25) is 5.95 Å². The van der Waals surface area contributed by atoms with Gasteiger partial charge in [-0.1, -0.05) is 0 Å². The van der Waals surface area contributed by atoms with Crippen LogP contribution in [0.1, 0.15) is 0 Å². The van der Waals surface area contributed by atoms with Crippen molar-refractivity contribution in [1.82, 2.24) is 9.97 Å². The predicted octanol–water partition coefficient (Wildman–Crippen LogP) is 2.14. The first kappa shape index (κ1) is 13.6. The molecule has 2 aromatic rings. The Morgan fingerprint density at radius 1 is 1.00 bits per heavy atom. The van der Waals surface area contributed by atoms with E-state index in [1.165, 1.54) is 26.6 Å². The largest absolute Gasteiger partial charge is 0.497 e. The third-order valence-electron chi connectivity index (χ3n) is 2.40. The Morgan fingerprint density at radius 3 is 2.15 bits per heavy atom. The molecule has 2 rings (SSSR count). The third-order valence-corrected chi connectivity index (χ3v) is 2.40. The summed E-state index contributed by atoms with van der Waals surface area (Å²) in [6.45, 7) is 0. The molecule has 0 bridgehead atoms. The second-order valence-corrected chi connectivity index (χ2v) is 3.75. The van der Waals surface area contributed by atoms with E-state index in [4.69, 9.17) is 9.47 Å². The van der Waals surface area contributed by atoms with Crippen LogP contribution in [0.15, 0.2) is 36.7 Å². The van der Waals surface area contributed by atoms with Crippen LogP contribution in [0.25, 0.3) is 0 Å². The fourth-order valence-corrected chi connectivity index (χ4v) is 1.51. The summed E-state index contributed by atoms with van der Waals surface area (Å²) < 4.78 is 10.2. The van der Waals surface area contributed by atoms with Gasteiger partial charge in [0.1, 0.15) is 11.5 Å². The number of nitrogens with one attached hydrogen (secondary N) is 2. The molecule has 1 aromatic heterocycles. The molecule has 1 heterocycles. The van der Waals surface area contributed by atoms with Crippen molar-refractivity contribution < 1.29 is 14.3 Å². The van der Waals surface area contributed by atoms with Gasteiger partial charge in [0.15, 0.2) is 0 Å². The van der Waals surface area contributed by atoms with Crippen LogP contribution >= 0.6 is 0 Å². The normalized spacial score (nSPS) is 9.70. The predicted molar refractivity (Wildman–Crippen MR) is 74.2 cm³/mol. The van der Waals surface area contributed by atoms with Gasteiger partial charge in [0, 0.05) is 36.3 Å². The highest BCUT2D eigenvalue weighted by atomic mass is 16.5. The van der Waals surface area contributed by atoms with Crippen LogP contribution in [-0.4, -0.2) is 30.2 Å². The third kappa shape index (κ3) is 3.58. The summed E-state index contributed by atoms with van der Waals surface area (Å²) in [5, 5.41) is 5.16. The molecular formula is C13H14N4O3. The molecule has 0 atom stereocenters. The molecule has 2 amide bonds. The maximum Gasteiger partial charge on any atom is 0.326 e. The van der Waals surface area contributed by atoms with E-state index in [0.29, 0.717) is 17.2 Å². The van der Waals surface area contributed by atoms with E-state index in [1.807, 2.05) is 0 Å². The Labute approximate surface area is 116 Å². The fourth-order valence-electron chi connectivity index (χ4n) is 1.51. The Hall–Kier alpha value is -2.83. The second kappa shape index (κ2) is 6.37. The number of carbonyl (C=O) groups is 1. The SMILES string of the molecule is COc1cc(NC(=O)Nc2ncccn2)cc(OC)c1. The maximum atomic E-state index is 11.8. The van der Waals surface area contributed by atoms with Crippen molar-refractivity contribution in [2.75, 3.05) is 24.9 Å². The van der Waals surface area contributed by atoms with Gasteiger partial charge < -0.3 is 14.8 Å². The van der Waals surface area contributed by atoms with E-state index in [9.17, 15) is 4.79 Å². The first-order valence-electron chi connectivity index (χ1n) is 5.79. The van der Waals surface area contributed by atoms with Crippen LogP contribution in [0, 0.1) is 0 Å². The first-order valence-corrected chi connectivity index (χ1v) is 5.79. The molecule has 0 spiro atoms. The molecule has 0 radical (unpaired) electrons. The molecule has 0 saturated carbocycles. The van der Waals surface area contributed by atoms with Gasteiger partial charge in [-0.25, -0.2) is 14.8 Å². The van der Waals surface area contributed by atoms with Crippen molar-refractivity contribution in [3.63, 3.8) is 0 Å². The number of aromatic nitrogens is 2. The van der Waals surface area contributed by atoms with Crippen molar-refractivity contribution in [2.45, 2.75) is 0 Å². The number of rotatable bonds is 4. The van der Waals surface area contributed by atoms with E-state index in [2.05, 4.69) is 20.6 Å². The van der Waals surface area contributed by atoms with Gasteiger partial charge >= 0.3 is 6.03 Å². The minimum atomic E-state index is -0.452. The lowest BCUT2D eigenvalue weighted by molar-refractivity contribution is 0.262. The molecule has 20 heavy (non-hydrogen) atoms. The molecule has 7 nitrogen and oxygen atoms in total. The number of benzene rings is 1. The zero-order valence-electron chi connectivity index (χ0n) is 11.1. The minimum absolute atomic E-state index is 0.222. The topological polar surface area (TPSA) is 85.4 Å². The lowest BCUT2D eigenvalue weighted by atomic mass is 10.3. The van der Waals surface area contributed by atoms with E-state index in [1.54, 1.807) is 24.3 Å². The smallest absolute Gasteiger partial charge is 0.326 e. The maximum absolute atomic E-state index is 11.8. The van der Waals surface area contributed by atoms with Crippen LogP contribution in [-0.2, 0) is 0 Å².